The third-order valence-electron chi connectivity index (χ3n) is 2.99. The maximum absolute atomic E-state index is 13.1. The van der Waals surface area contributed by atoms with Crippen LogP contribution in [0.15, 0.2) is 30.9 Å². The highest BCUT2D eigenvalue weighted by Gasteiger charge is 2.53. The summed E-state index contributed by atoms with van der Waals surface area (Å²) >= 11 is 0. The van der Waals surface area contributed by atoms with Crippen molar-refractivity contribution in [3.05, 3.63) is 36.4 Å². The highest BCUT2D eigenvalue weighted by Crippen LogP contribution is 2.45. The number of hydrogen-bond donors (Lipinski definition) is 1. The van der Waals surface area contributed by atoms with Gasteiger partial charge in [-0.1, -0.05) is 12.1 Å². The first-order valence-electron chi connectivity index (χ1n) is 5.16. The van der Waals surface area contributed by atoms with E-state index in [1.54, 1.807) is 0 Å². The van der Waals surface area contributed by atoms with Gasteiger partial charge in [0.05, 0.1) is 6.61 Å². The minimum atomic E-state index is -4.64. The fraction of sp³-hybridized carbons (Fsp3) is 0.333. The number of aliphatic hydroxyl groups excluding tert-OH is 1. The fourth-order valence-corrected chi connectivity index (χ4v) is 1.82. The van der Waals surface area contributed by atoms with Crippen LogP contribution >= 0.6 is 0 Å². The van der Waals surface area contributed by atoms with Gasteiger partial charge in [-0.3, -0.25) is 0 Å². The van der Waals surface area contributed by atoms with Gasteiger partial charge in [-0.2, -0.15) is 13.2 Å². The Kier molecular flexibility index (Phi) is 2.98. The molecule has 1 atom stereocenters. The smallest absolute Gasteiger partial charge is 0.404 e. The van der Waals surface area contributed by atoms with Crippen molar-refractivity contribution < 1.29 is 27.8 Å². The first kappa shape index (κ1) is 12.8. The van der Waals surface area contributed by atoms with Crippen LogP contribution in [0.1, 0.15) is 5.56 Å². The predicted octanol–water partition coefficient (Wildman–Crippen LogP) is 2.39. The van der Waals surface area contributed by atoms with E-state index in [1.807, 2.05) is 0 Å². The number of fused-ring (bicyclic) bond motifs is 1. The largest absolute Gasteiger partial charge is 0.454 e. The quantitative estimate of drug-likeness (QED) is 0.848. The van der Waals surface area contributed by atoms with E-state index in [1.165, 1.54) is 18.2 Å². The maximum Gasteiger partial charge on any atom is 0.404 e. The van der Waals surface area contributed by atoms with Crippen molar-refractivity contribution in [1.82, 2.24) is 0 Å². The van der Waals surface area contributed by atoms with Crippen LogP contribution in [0.25, 0.3) is 0 Å². The lowest BCUT2D eigenvalue weighted by atomic mass is 9.80. The second-order valence-electron chi connectivity index (χ2n) is 3.90. The molecule has 0 amide bonds. The number of hydrogen-bond acceptors (Lipinski definition) is 3. The molecule has 0 fully saturated rings. The molecule has 0 radical (unpaired) electrons. The Balaban J connectivity index is 2.53. The van der Waals surface area contributed by atoms with Crippen LogP contribution in [0.4, 0.5) is 13.2 Å². The molecule has 2 rings (SSSR count). The average Bonchev–Trinajstić information content (AvgIpc) is 2.76. The van der Waals surface area contributed by atoms with Gasteiger partial charge in [-0.15, -0.1) is 6.58 Å². The SMILES string of the molecule is C=C[C@@](CO)(c1ccc2c(c1)OCO2)C(F)(F)F. The van der Waals surface area contributed by atoms with Gasteiger partial charge in [0.1, 0.15) is 5.41 Å². The van der Waals surface area contributed by atoms with Crippen molar-refractivity contribution in [1.29, 1.82) is 0 Å². The topological polar surface area (TPSA) is 38.7 Å². The van der Waals surface area contributed by atoms with Crippen LogP contribution in [0.3, 0.4) is 0 Å². The molecule has 1 heterocycles. The molecule has 1 aliphatic rings. The van der Waals surface area contributed by atoms with Gasteiger partial charge in [-0.05, 0) is 17.7 Å². The summed E-state index contributed by atoms with van der Waals surface area (Å²) in [6.45, 7) is 2.05. The highest BCUT2D eigenvalue weighted by atomic mass is 19.4. The van der Waals surface area contributed by atoms with E-state index in [0.717, 1.165) is 0 Å². The van der Waals surface area contributed by atoms with Crippen molar-refractivity contribution >= 4 is 0 Å². The molecule has 3 nitrogen and oxygen atoms in total. The van der Waals surface area contributed by atoms with Crippen molar-refractivity contribution in [2.75, 3.05) is 13.4 Å². The molecule has 0 saturated heterocycles. The molecule has 1 N–H and O–H groups in total. The molecule has 0 aromatic heterocycles. The number of ether oxygens (including phenoxy) is 2. The van der Waals surface area contributed by atoms with Gasteiger partial charge in [-0.25, -0.2) is 0 Å². The predicted molar refractivity (Wildman–Crippen MR) is 57.6 cm³/mol. The Bertz CT molecular complexity index is 470. The lowest BCUT2D eigenvalue weighted by Crippen LogP contribution is -2.43. The maximum atomic E-state index is 13.1. The van der Waals surface area contributed by atoms with Gasteiger partial charge in [0.2, 0.25) is 6.79 Å². The fourth-order valence-electron chi connectivity index (χ4n) is 1.82. The summed E-state index contributed by atoms with van der Waals surface area (Å²) in [6.07, 6.45) is -3.94. The molecule has 1 aliphatic heterocycles. The van der Waals surface area contributed by atoms with E-state index in [2.05, 4.69) is 6.58 Å². The Morgan fingerprint density at radius 3 is 2.50 bits per heavy atom. The van der Waals surface area contributed by atoms with Crippen LogP contribution in [0.5, 0.6) is 11.5 Å². The molecule has 1 aromatic rings. The monoisotopic (exact) mass is 260 g/mol. The first-order chi connectivity index (χ1) is 8.44. The zero-order valence-electron chi connectivity index (χ0n) is 9.33. The summed E-state index contributed by atoms with van der Waals surface area (Å²) in [5.41, 5.74) is -2.62. The number of halogens is 3. The Labute approximate surface area is 101 Å². The third-order valence-corrected chi connectivity index (χ3v) is 2.99. The Morgan fingerprint density at radius 1 is 1.28 bits per heavy atom. The molecule has 18 heavy (non-hydrogen) atoms. The third kappa shape index (κ3) is 1.73. The molecule has 0 saturated carbocycles. The van der Waals surface area contributed by atoms with E-state index in [0.29, 0.717) is 11.8 Å². The number of rotatable bonds is 3. The summed E-state index contributed by atoms with van der Waals surface area (Å²) < 4.78 is 49.4. The van der Waals surface area contributed by atoms with Crippen molar-refractivity contribution in [2.45, 2.75) is 11.6 Å². The summed E-state index contributed by atoms with van der Waals surface area (Å²) in [5.74, 6) is 0.619. The zero-order chi connectivity index (χ0) is 13.4. The van der Waals surface area contributed by atoms with E-state index in [9.17, 15) is 13.2 Å². The summed E-state index contributed by atoms with van der Waals surface area (Å²) in [6, 6.07) is 3.85. The average molecular weight is 260 g/mol. The molecule has 0 aliphatic carbocycles. The summed E-state index contributed by atoms with van der Waals surface area (Å²) in [7, 11) is 0. The van der Waals surface area contributed by atoms with Gasteiger partial charge in [0.25, 0.3) is 0 Å². The van der Waals surface area contributed by atoms with Gasteiger partial charge < -0.3 is 14.6 Å². The van der Waals surface area contributed by atoms with Crippen LogP contribution in [-0.4, -0.2) is 24.7 Å². The summed E-state index contributed by atoms with van der Waals surface area (Å²) in [4.78, 5) is 0. The van der Waals surface area contributed by atoms with Crippen LogP contribution in [0, 0.1) is 0 Å². The molecular weight excluding hydrogens is 249 g/mol. The Hall–Kier alpha value is -1.69. The number of alkyl halides is 3. The van der Waals surface area contributed by atoms with Crippen LogP contribution in [-0.2, 0) is 5.41 Å². The van der Waals surface area contributed by atoms with Gasteiger partial charge in [0.15, 0.2) is 11.5 Å². The molecule has 0 spiro atoms. The number of benzene rings is 1. The van der Waals surface area contributed by atoms with Crippen molar-refractivity contribution in [3.63, 3.8) is 0 Å². The lowest BCUT2D eigenvalue weighted by Gasteiger charge is -2.31. The summed E-state index contributed by atoms with van der Waals surface area (Å²) in [5, 5.41) is 9.15. The molecule has 0 bridgehead atoms. The van der Waals surface area contributed by atoms with Crippen LogP contribution in [0.2, 0.25) is 0 Å². The molecule has 1 aromatic carbocycles. The molecular formula is C12H11F3O3. The number of aliphatic hydroxyl groups is 1. The van der Waals surface area contributed by atoms with E-state index in [4.69, 9.17) is 14.6 Å². The second-order valence-corrected chi connectivity index (χ2v) is 3.90. The standard InChI is InChI=1S/C12H11F3O3/c1-2-11(6-16,12(13,14)15)8-3-4-9-10(5-8)18-7-17-9/h2-5,16H,1,6-7H2/t11-/m1/s1. The van der Waals surface area contributed by atoms with Crippen molar-refractivity contribution in [3.8, 4) is 11.5 Å². The van der Waals surface area contributed by atoms with Gasteiger partial charge >= 0.3 is 6.18 Å². The van der Waals surface area contributed by atoms with Crippen LogP contribution < -0.4 is 9.47 Å². The minimum absolute atomic E-state index is 0.0228. The minimum Gasteiger partial charge on any atom is -0.454 e. The molecule has 98 valence electrons. The second kappa shape index (κ2) is 4.20. The normalized spacial score (nSPS) is 17.3. The van der Waals surface area contributed by atoms with E-state index in [-0.39, 0.29) is 18.1 Å². The van der Waals surface area contributed by atoms with E-state index < -0.39 is 18.2 Å². The molecule has 6 heteroatoms. The first-order valence-corrected chi connectivity index (χ1v) is 5.16. The van der Waals surface area contributed by atoms with Gasteiger partial charge in [0, 0.05) is 0 Å². The lowest BCUT2D eigenvalue weighted by molar-refractivity contribution is -0.185. The van der Waals surface area contributed by atoms with E-state index >= 15 is 0 Å². The van der Waals surface area contributed by atoms with Crippen molar-refractivity contribution in [2.24, 2.45) is 0 Å². The Morgan fingerprint density at radius 2 is 1.94 bits per heavy atom. The highest BCUT2D eigenvalue weighted by molar-refractivity contribution is 5.48. The molecule has 0 unspecified atom stereocenters. The zero-order valence-corrected chi connectivity index (χ0v) is 9.33.